The van der Waals surface area contributed by atoms with Crippen LogP contribution in [-0.4, -0.2) is 18.0 Å². The monoisotopic (exact) mass is 290 g/mol. The minimum Gasteiger partial charge on any atom is -0.364 e. The van der Waals surface area contributed by atoms with Gasteiger partial charge in [0.25, 0.3) is 0 Å². The summed E-state index contributed by atoms with van der Waals surface area (Å²) in [6.07, 6.45) is 2.13. The molecule has 0 unspecified atom stereocenters. The summed E-state index contributed by atoms with van der Waals surface area (Å²) in [7, 11) is 0. The fourth-order valence-corrected chi connectivity index (χ4v) is 4.31. The summed E-state index contributed by atoms with van der Waals surface area (Å²) < 4.78 is 1.11. The number of hydrogen-bond donors (Lipinski definition) is 0. The van der Waals surface area contributed by atoms with Crippen LogP contribution in [0, 0.1) is 10.1 Å². The van der Waals surface area contributed by atoms with E-state index in [1.54, 1.807) is 5.41 Å². The van der Waals surface area contributed by atoms with Gasteiger partial charge >= 0.3 is 5.69 Å². The maximum atomic E-state index is 11.2. The smallest absolute Gasteiger partial charge is 0.318 e. The third-order valence-corrected chi connectivity index (χ3v) is 4.86. The highest BCUT2D eigenvalue weighted by Crippen LogP contribution is 2.50. The lowest BCUT2D eigenvalue weighted by molar-refractivity contribution is -0.386. The van der Waals surface area contributed by atoms with Crippen LogP contribution in [0.4, 0.5) is 11.4 Å². The average Bonchev–Trinajstić information content (AvgIpc) is 2.85. The summed E-state index contributed by atoms with van der Waals surface area (Å²) in [4.78, 5) is 12.8. The van der Waals surface area contributed by atoms with Gasteiger partial charge in [0.1, 0.15) is 14.2 Å². The Kier molecular flexibility index (Phi) is 3.96. The van der Waals surface area contributed by atoms with Crippen molar-refractivity contribution in [3.05, 3.63) is 26.4 Å². The molecule has 7 heteroatoms. The van der Waals surface area contributed by atoms with E-state index in [4.69, 9.17) is 11.6 Å². The molecule has 0 bridgehead atoms. The van der Waals surface area contributed by atoms with E-state index in [9.17, 15) is 10.1 Å². The van der Waals surface area contributed by atoms with Gasteiger partial charge in [-0.3, -0.25) is 10.1 Å². The minimum atomic E-state index is -0.345. The summed E-state index contributed by atoms with van der Waals surface area (Å²) in [6, 6.07) is 0. The Morgan fingerprint density at radius 2 is 2.18 bits per heavy atom. The van der Waals surface area contributed by atoms with Gasteiger partial charge in [0.15, 0.2) is 0 Å². The molecule has 2 heterocycles. The van der Waals surface area contributed by atoms with E-state index in [1.807, 2.05) is 4.90 Å². The molecule has 2 rings (SSSR count). The van der Waals surface area contributed by atoms with E-state index >= 15 is 0 Å². The Hall–Kier alpha value is -0.720. The Morgan fingerprint density at radius 1 is 1.53 bits per heavy atom. The van der Waals surface area contributed by atoms with Crippen LogP contribution >= 0.6 is 34.7 Å². The van der Waals surface area contributed by atoms with Crippen molar-refractivity contribution in [3.8, 4) is 0 Å². The first-order valence-electron chi connectivity index (χ1n) is 5.14. The molecule has 1 saturated heterocycles. The quantitative estimate of drug-likeness (QED) is 0.475. The first-order chi connectivity index (χ1) is 8.15. The van der Waals surface area contributed by atoms with Crippen molar-refractivity contribution in [2.75, 3.05) is 18.0 Å². The van der Waals surface area contributed by atoms with E-state index in [1.165, 1.54) is 23.1 Å². The molecule has 0 amide bonds. The molecule has 17 heavy (non-hydrogen) atoms. The number of nitrogens with zero attached hydrogens (tertiary/aromatic N) is 2. The van der Waals surface area contributed by atoms with Gasteiger partial charge in [-0.2, -0.15) is 0 Å². The highest BCUT2D eigenvalue weighted by Gasteiger charge is 2.31. The number of thiophene rings is 1. The van der Waals surface area contributed by atoms with E-state index in [0.717, 1.165) is 25.9 Å². The number of anilines is 1. The van der Waals surface area contributed by atoms with Gasteiger partial charge in [0, 0.05) is 13.1 Å². The van der Waals surface area contributed by atoms with Gasteiger partial charge in [-0.15, -0.1) is 11.3 Å². The molecule has 1 fully saturated rings. The highest BCUT2D eigenvalue weighted by molar-refractivity contribution is 8.04. The summed E-state index contributed by atoms with van der Waals surface area (Å²) in [5.74, 6) is 0. The first-order valence-corrected chi connectivity index (χ1v) is 7.21. The van der Waals surface area contributed by atoms with Crippen molar-refractivity contribution in [1.29, 1.82) is 0 Å². The minimum absolute atomic E-state index is 0.131. The molecular weight excluding hydrogens is 280 g/mol. The lowest BCUT2D eigenvalue weighted by atomic mass is 10.4. The van der Waals surface area contributed by atoms with E-state index < -0.39 is 0 Å². The summed E-state index contributed by atoms with van der Waals surface area (Å²) in [6.45, 7) is 5.27. The standard InChI is InChI=1S/C10H11ClN2O2S2/c1-2-16-10-8(13(14)15)7(9(11)17-10)12-5-3-4-6-12/h2H,1,3-6H2. The first kappa shape index (κ1) is 12.7. The summed E-state index contributed by atoms with van der Waals surface area (Å²) >= 11 is 8.64. The second-order valence-corrected chi connectivity index (χ2v) is 6.45. The summed E-state index contributed by atoms with van der Waals surface area (Å²) in [5.41, 5.74) is 0.718. The molecular formula is C10H11ClN2O2S2. The maximum absolute atomic E-state index is 11.2. The predicted molar refractivity (Wildman–Crippen MR) is 73.5 cm³/mol. The molecule has 0 atom stereocenters. The van der Waals surface area contributed by atoms with Crippen LogP contribution in [0.25, 0.3) is 0 Å². The molecule has 1 aromatic heterocycles. The zero-order valence-electron chi connectivity index (χ0n) is 9.02. The van der Waals surface area contributed by atoms with E-state index in [2.05, 4.69) is 6.58 Å². The summed E-state index contributed by atoms with van der Waals surface area (Å²) in [5, 5.41) is 12.8. The predicted octanol–water partition coefficient (Wildman–Crippen LogP) is 4.15. The number of hydrogen-bond acceptors (Lipinski definition) is 5. The van der Waals surface area contributed by atoms with Crippen molar-refractivity contribution in [1.82, 2.24) is 0 Å². The van der Waals surface area contributed by atoms with Crippen LogP contribution in [0.1, 0.15) is 12.8 Å². The molecule has 1 aliphatic heterocycles. The van der Waals surface area contributed by atoms with E-state index in [0.29, 0.717) is 14.2 Å². The lowest BCUT2D eigenvalue weighted by Crippen LogP contribution is -2.18. The number of thioether (sulfide) groups is 1. The van der Waals surface area contributed by atoms with Crippen LogP contribution in [0.5, 0.6) is 0 Å². The maximum Gasteiger partial charge on any atom is 0.318 e. The number of halogens is 1. The van der Waals surface area contributed by atoms with Crippen molar-refractivity contribution in [2.24, 2.45) is 0 Å². The molecule has 0 aliphatic carbocycles. The van der Waals surface area contributed by atoms with Crippen molar-refractivity contribution in [3.63, 3.8) is 0 Å². The Labute approximate surface area is 112 Å². The van der Waals surface area contributed by atoms with Crippen molar-refractivity contribution in [2.45, 2.75) is 17.1 Å². The fraction of sp³-hybridized carbons (Fsp3) is 0.400. The van der Waals surface area contributed by atoms with Crippen molar-refractivity contribution >= 4 is 46.1 Å². The van der Waals surface area contributed by atoms with Crippen LogP contribution in [0.2, 0.25) is 4.34 Å². The van der Waals surface area contributed by atoms with Gasteiger partial charge in [0.05, 0.1) is 4.92 Å². The second-order valence-electron chi connectivity index (χ2n) is 3.60. The van der Waals surface area contributed by atoms with Gasteiger partial charge in [0.2, 0.25) is 0 Å². The zero-order chi connectivity index (χ0) is 12.4. The Balaban J connectivity index is 2.47. The SMILES string of the molecule is C=CSc1sc(Cl)c(N2CCCC2)c1[N+](=O)[O-]. The van der Waals surface area contributed by atoms with Crippen LogP contribution in [0.3, 0.4) is 0 Å². The van der Waals surface area contributed by atoms with Crippen LogP contribution in [0.15, 0.2) is 16.2 Å². The largest absolute Gasteiger partial charge is 0.364 e. The average molecular weight is 291 g/mol. The van der Waals surface area contributed by atoms with E-state index in [-0.39, 0.29) is 10.6 Å². The molecule has 0 N–H and O–H groups in total. The molecule has 4 nitrogen and oxygen atoms in total. The molecule has 0 saturated carbocycles. The molecule has 0 aromatic carbocycles. The van der Waals surface area contributed by atoms with Gasteiger partial charge in [-0.05, 0) is 18.2 Å². The molecule has 0 spiro atoms. The second kappa shape index (κ2) is 5.29. The van der Waals surface area contributed by atoms with Crippen LogP contribution in [-0.2, 0) is 0 Å². The highest BCUT2D eigenvalue weighted by atomic mass is 35.5. The van der Waals surface area contributed by atoms with Crippen LogP contribution < -0.4 is 4.90 Å². The third kappa shape index (κ3) is 2.43. The van der Waals surface area contributed by atoms with Gasteiger partial charge in [-0.25, -0.2) is 0 Å². The lowest BCUT2D eigenvalue weighted by Gasteiger charge is -2.15. The van der Waals surface area contributed by atoms with Crippen molar-refractivity contribution < 1.29 is 4.92 Å². The van der Waals surface area contributed by atoms with Gasteiger partial charge < -0.3 is 4.90 Å². The molecule has 92 valence electrons. The molecule has 1 aromatic rings. The molecule has 0 radical (unpaired) electrons. The normalized spacial score (nSPS) is 15.2. The molecule has 1 aliphatic rings. The topological polar surface area (TPSA) is 46.4 Å². The zero-order valence-corrected chi connectivity index (χ0v) is 11.4. The Bertz CT molecular complexity index is 455. The number of rotatable bonds is 4. The third-order valence-electron chi connectivity index (χ3n) is 2.58. The van der Waals surface area contributed by atoms with Gasteiger partial charge in [-0.1, -0.05) is 29.9 Å². The fourth-order valence-electron chi connectivity index (χ4n) is 1.90. The number of nitro groups is 1. The Morgan fingerprint density at radius 3 is 2.71 bits per heavy atom.